The second kappa shape index (κ2) is 8.29. The van der Waals surface area contributed by atoms with E-state index in [4.69, 9.17) is 10.5 Å². The first-order valence-corrected chi connectivity index (χ1v) is 5.16. The lowest BCUT2D eigenvalue weighted by molar-refractivity contribution is -0.685. The van der Waals surface area contributed by atoms with E-state index < -0.39 is 0 Å². The molecule has 0 unspecified atom stereocenters. The van der Waals surface area contributed by atoms with Crippen molar-refractivity contribution in [1.29, 1.82) is 0 Å². The number of aryl methyl sites for hydroxylation is 1. The van der Waals surface area contributed by atoms with Gasteiger partial charge in [0, 0.05) is 0 Å². The van der Waals surface area contributed by atoms with Crippen LogP contribution in [0.4, 0.5) is 0 Å². The number of ether oxygens (including phenoxy) is 1. The van der Waals surface area contributed by atoms with Gasteiger partial charge in [-0.1, -0.05) is 0 Å². The van der Waals surface area contributed by atoms with Crippen molar-refractivity contribution in [1.82, 2.24) is 4.57 Å². The number of nitrogens with two attached hydrogens (primary N) is 1. The summed E-state index contributed by atoms with van der Waals surface area (Å²) < 4.78 is 8.65. The number of carbonyl (C=O) groups excluding carboxylic acids is 1. The van der Waals surface area contributed by atoms with E-state index in [-0.39, 0.29) is 29.5 Å². The number of rotatable bonds is 6. The molecule has 5 nitrogen and oxygen atoms in total. The van der Waals surface area contributed by atoms with Gasteiger partial charge in [-0.25, -0.2) is 13.9 Å². The second-order valence-electron chi connectivity index (χ2n) is 3.27. The number of aromatic nitrogens is 2. The lowest BCUT2D eigenvalue weighted by Gasteiger charge is -1.97. The molecule has 0 radical (unpaired) electrons. The van der Waals surface area contributed by atoms with E-state index in [9.17, 15) is 4.79 Å². The van der Waals surface area contributed by atoms with Crippen molar-refractivity contribution in [2.75, 3.05) is 13.2 Å². The zero-order valence-corrected chi connectivity index (χ0v) is 11.0. The smallest absolute Gasteiger partial charge is 0.348 e. The molecule has 0 aliphatic rings. The average molecular weight is 292 g/mol. The molecule has 1 aromatic rings. The molecule has 92 valence electrons. The first kappa shape index (κ1) is 15.1. The minimum absolute atomic E-state index is 0. The summed E-state index contributed by atoms with van der Waals surface area (Å²) in [6.45, 7) is 4.05. The molecule has 1 aromatic heterocycles. The summed E-state index contributed by atoms with van der Waals surface area (Å²) in [4.78, 5) is 11.2. The maximum Gasteiger partial charge on any atom is 0.348 e. The Morgan fingerprint density at radius 3 is 2.94 bits per heavy atom. The topological polar surface area (TPSA) is 61.1 Å². The Morgan fingerprint density at radius 1 is 1.56 bits per heavy atom. The van der Waals surface area contributed by atoms with Crippen molar-refractivity contribution >= 4 is 5.97 Å². The fourth-order valence-corrected chi connectivity index (χ4v) is 1.29. The molecule has 0 aromatic carbocycles. The molecule has 1 heterocycles. The summed E-state index contributed by atoms with van der Waals surface area (Å²) in [6.07, 6.45) is 6.60. The molecule has 0 spiro atoms. The fourth-order valence-electron chi connectivity index (χ4n) is 1.29. The highest BCUT2D eigenvalue weighted by Gasteiger charge is 2.09. The van der Waals surface area contributed by atoms with Crippen molar-refractivity contribution in [3.05, 3.63) is 18.7 Å². The molecule has 16 heavy (non-hydrogen) atoms. The van der Waals surface area contributed by atoms with Crippen LogP contribution in [0.25, 0.3) is 0 Å². The maximum atomic E-state index is 11.2. The molecule has 0 atom stereocenters. The normalized spacial score (nSPS) is 9.62. The van der Waals surface area contributed by atoms with E-state index in [2.05, 4.69) is 0 Å². The number of hydrogen-bond donors (Lipinski definition) is 1. The van der Waals surface area contributed by atoms with E-state index in [0.29, 0.717) is 13.2 Å². The van der Waals surface area contributed by atoms with E-state index in [1.807, 2.05) is 23.3 Å². The number of imidazole rings is 1. The van der Waals surface area contributed by atoms with Crippen molar-refractivity contribution in [2.45, 2.75) is 26.4 Å². The summed E-state index contributed by atoms with van der Waals surface area (Å²) in [5.74, 6) is -0.209. The Labute approximate surface area is 106 Å². The highest BCUT2D eigenvalue weighted by Crippen LogP contribution is 1.88. The Balaban J connectivity index is 0.00000225. The lowest BCUT2D eigenvalue weighted by atomic mass is 10.4. The Hall–Kier alpha value is -0.880. The predicted molar refractivity (Wildman–Crippen MR) is 54.9 cm³/mol. The van der Waals surface area contributed by atoms with Gasteiger partial charge in [-0.15, -0.1) is 0 Å². The number of carbonyl (C=O) groups is 1. The first-order chi connectivity index (χ1) is 7.26. The first-order valence-electron chi connectivity index (χ1n) is 5.16. The van der Waals surface area contributed by atoms with E-state index >= 15 is 0 Å². The van der Waals surface area contributed by atoms with Crippen LogP contribution in [0.1, 0.15) is 13.3 Å². The van der Waals surface area contributed by atoms with Gasteiger partial charge in [-0.2, -0.15) is 0 Å². The largest absolute Gasteiger partial charge is 1.00 e. The van der Waals surface area contributed by atoms with Crippen LogP contribution in [0, 0.1) is 0 Å². The van der Waals surface area contributed by atoms with E-state index in [0.717, 1.165) is 13.0 Å². The van der Waals surface area contributed by atoms with Gasteiger partial charge in [0.05, 0.1) is 13.2 Å². The monoisotopic (exact) mass is 291 g/mol. The fraction of sp³-hybridized carbons (Fsp3) is 0.600. The third kappa shape index (κ3) is 5.27. The third-order valence-electron chi connectivity index (χ3n) is 1.98. The lowest BCUT2D eigenvalue weighted by Crippen LogP contribution is -3.00. The minimum atomic E-state index is -0.209. The third-order valence-corrected chi connectivity index (χ3v) is 1.98. The molecule has 0 aliphatic carbocycles. The van der Waals surface area contributed by atoms with Crippen LogP contribution < -0.4 is 27.3 Å². The second-order valence-corrected chi connectivity index (χ2v) is 3.27. The number of esters is 1. The predicted octanol–water partition coefficient (Wildman–Crippen LogP) is -3.31. The molecule has 0 aliphatic heterocycles. The molecule has 0 bridgehead atoms. The molecule has 1 rings (SSSR count). The van der Waals surface area contributed by atoms with Gasteiger partial charge < -0.3 is 27.5 Å². The molecule has 0 saturated carbocycles. The maximum absolute atomic E-state index is 11.2. The standard InChI is InChI=1S/C10H18N3O2.BrH/c1-2-15-10(14)8-13-7-6-12(9-13)5-3-4-11;/h6-7,9H,2-5,8,11H2,1H3;1H/q+1;/p-1. The number of nitrogens with zero attached hydrogens (tertiary/aromatic N) is 2. The van der Waals surface area contributed by atoms with Crippen LogP contribution in [-0.4, -0.2) is 23.7 Å². The van der Waals surface area contributed by atoms with Gasteiger partial charge in [0.25, 0.3) is 0 Å². The number of hydrogen-bond acceptors (Lipinski definition) is 3. The van der Waals surface area contributed by atoms with Crippen LogP contribution >= 0.6 is 0 Å². The van der Waals surface area contributed by atoms with Gasteiger partial charge in [0.2, 0.25) is 6.33 Å². The molecule has 6 heteroatoms. The SMILES string of the molecule is CCOC(=O)C[n+]1ccn(CCCN)c1.[Br-]. The molecule has 0 saturated heterocycles. The molecule has 0 amide bonds. The van der Waals surface area contributed by atoms with E-state index in [1.54, 1.807) is 11.5 Å². The van der Waals surface area contributed by atoms with Crippen LogP contribution in [-0.2, 0) is 22.6 Å². The van der Waals surface area contributed by atoms with Crippen molar-refractivity contribution in [3.8, 4) is 0 Å². The molecule has 2 N–H and O–H groups in total. The average Bonchev–Trinajstić information content (AvgIpc) is 2.63. The molecular weight excluding hydrogens is 274 g/mol. The Morgan fingerprint density at radius 2 is 2.31 bits per heavy atom. The molecule has 0 fully saturated rings. The summed E-state index contributed by atoms with van der Waals surface area (Å²) >= 11 is 0. The summed E-state index contributed by atoms with van der Waals surface area (Å²) in [6, 6.07) is 0. The van der Waals surface area contributed by atoms with Gasteiger partial charge in [-0.05, 0) is 19.9 Å². The van der Waals surface area contributed by atoms with Gasteiger partial charge in [0.15, 0.2) is 6.54 Å². The summed E-state index contributed by atoms with van der Waals surface area (Å²) in [7, 11) is 0. The zero-order chi connectivity index (χ0) is 11.1. The minimum Gasteiger partial charge on any atom is -1.00 e. The van der Waals surface area contributed by atoms with Crippen LogP contribution in [0.3, 0.4) is 0 Å². The highest BCUT2D eigenvalue weighted by molar-refractivity contribution is 5.67. The zero-order valence-electron chi connectivity index (χ0n) is 9.43. The Kier molecular flexibility index (Phi) is 7.84. The number of halogens is 1. The van der Waals surface area contributed by atoms with Gasteiger partial charge in [0.1, 0.15) is 12.4 Å². The Bertz CT molecular complexity index is 315. The van der Waals surface area contributed by atoms with Gasteiger partial charge in [-0.3, -0.25) is 0 Å². The summed E-state index contributed by atoms with van der Waals surface area (Å²) in [5, 5.41) is 0. The highest BCUT2D eigenvalue weighted by atomic mass is 79.9. The van der Waals surface area contributed by atoms with Crippen LogP contribution in [0.15, 0.2) is 18.7 Å². The molecular formula is C10H18BrN3O2. The van der Waals surface area contributed by atoms with Crippen LogP contribution in [0.2, 0.25) is 0 Å². The van der Waals surface area contributed by atoms with Crippen molar-refractivity contribution in [2.24, 2.45) is 5.73 Å². The quantitative estimate of drug-likeness (QED) is 0.441. The van der Waals surface area contributed by atoms with Crippen molar-refractivity contribution in [3.63, 3.8) is 0 Å². The van der Waals surface area contributed by atoms with Crippen LogP contribution in [0.5, 0.6) is 0 Å². The van der Waals surface area contributed by atoms with Crippen molar-refractivity contribution < 1.29 is 31.1 Å². The van der Waals surface area contributed by atoms with Gasteiger partial charge >= 0.3 is 5.97 Å². The summed E-state index contributed by atoms with van der Waals surface area (Å²) in [5.41, 5.74) is 5.41. The van der Waals surface area contributed by atoms with E-state index in [1.165, 1.54) is 0 Å².